The lowest BCUT2D eigenvalue weighted by molar-refractivity contribution is -0.939. The van der Waals surface area contributed by atoms with Gasteiger partial charge >= 0.3 is 5.97 Å². The maximum absolute atomic E-state index is 13.8. The zero-order valence-corrected chi connectivity index (χ0v) is 24.8. The number of hydrogen-bond acceptors (Lipinski definition) is 6. The lowest BCUT2D eigenvalue weighted by Crippen LogP contribution is -3.00. The molecule has 2 atom stereocenters. The fraction of sp³-hybridized carbons (Fsp3) is 0.469. The van der Waals surface area contributed by atoms with Crippen molar-refractivity contribution in [3.8, 4) is 11.1 Å². The van der Waals surface area contributed by atoms with Crippen LogP contribution in [0.3, 0.4) is 0 Å². The first-order valence-corrected chi connectivity index (χ1v) is 14.6. The summed E-state index contributed by atoms with van der Waals surface area (Å²) in [6.45, 7) is 2.57. The number of benzene rings is 2. The molecule has 3 aliphatic heterocycles. The zero-order chi connectivity index (χ0) is 27.6. The maximum Gasteiger partial charge on any atom is 0.343 e. The van der Waals surface area contributed by atoms with E-state index in [-0.39, 0.29) is 47.4 Å². The third kappa shape index (κ3) is 5.98. The van der Waals surface area contributed by atoms with E-state index in [0.29, 0.717) is 22.4 Å². The van der Waals surface area contributed by atoms with E-state index in [4.69, 9.17) is 9.26 Å². The van der Waals surface area contributed by atoms with Gasteiger partial charge in [0.15, 0.2) is 24.1 Å². The van der Waals surface area contributed by atoms with Crippen LogP contribution < -0.4 is 22.3 Å². The van der Waals surface area contributed by atoms with Crippen molar-refractivity contribution >= 4 is 17.7 Å². The summed E-state index contributed by atoms with van der Waals surface area (Å²) in [7, 11) is 0. The zero-order valence-electron chi connectivity index (χ0n) is 23.2. The minimum atomic E-state index is -1.66. The molecule has 3 aromatic rings. The summed E-state index contributed by atoms with van der Waals surface area (Å²) in [5, 5.41) is 19.0. The number of piperidine rings is 3. The number of anilines is 1. The van der Waals surface area contributed by atoms with E-state index in [1.807, 2.05) is 60.7 Å². The Bertz CT molecular complexity index is 1320. The maximum atomic E-state index is 13.8. The molecule has 4 aliphatic rings. The first-order valence-electron chi connectivity index (χ1n) is 14.6. The highest BCUT2D eigenvalue weighted by atomic mass is 79.9. The Morgan fingerprint density at radius 2 is 1.63 bits per heavy atom. The molecular weight excluding hydrogens is 586 g/mol. The average Bonchev–Trinajstić information content (AvgIpc) is 3.46. The van der Waals surface area contributed by atoms with Gasteiger partial charge in [0.25, 0.3) is 5.91 Å². The van der Waals surface area contributed by atoms with E-state index in [9.17, 15) is 14.7 Å². The largest absolute Gasteiger partial charge is 1.00 e. The predicted molar refractivity (Wildman–Crippen MR) is 150 cm³/mol. The molecule has 1 unspecified atom stereocenters. The van der Waals surface area contributed by atoms with E-state index in [1.54, 1.807) is 6.26 Å². The van der Waals surface area contributed by atoms with Gasteiger partial charge in [-0.1, -0.05) is 85.1 Å². The number of hydrogen-bond donors (Lipinski definition) is 2. The Morgan fingerprint density at radius 3 is 2.32 bits per heavy atom. The Morgan fingerprint density at radius 1 is 0.976 bits per heavy atom. The number of carbonyl (C=O) groups is 2. The van der Waals surface area contributed by atoms with Crippen LogP contribution in [-0.4, -0.2) is 58.9 Å². The highest BCUT2D eigenvalue weighted by molar-refractivity contribution is 5.94. The molecule has 0 spiro atoms. The van der Waals surface area contributed by atoms with E-state index in [0.717, 1.165) is 69.2 Å². The van der Waals surface area contributed by atoms with Gasteiger partial charge in [-0.25, -0.2) is 4.79 Å². The molecule has 2 bridgehead atoms. The lowest BCUT2D eigenvalue weighted by atomic mass is 9.73. The number of fused-ring (bicyclic) bond motifs is 3. The van der Waals surface area contributed by atoms with Crippen LogP contribution in [0.1, 0.15) is 50.5 Å². The number of halogens is 1. The summed E-state index contributed by atoms with van der Waals surface area (Å²) in [6.07, 6.45) is 7.74. The smallest absolute Gasteiger partial charge is 0.343 e. The summed E-state index contributed by atoms with van der Waals surface area (Å²) in [6, 6.07) is 19.0. The van der Waals surface area contributed by atoms with E-state index >= 15 is 0 Å². The van der Waals surface area contributed by atoms with Crippen molar-refractivity contribution in [1.82, 2.24) is 5.16 Å². The van der Waals surface area contributed by atoms with Crippen molar-refractivity contribution in [2.75, 3.05) is 31.5 Å². The summed E-state index contributed by atoms with van der Waals surface area (Å²) < 4.78 is 12.0. The van der Waals surface area contributed by atoms with Gasteiger partial charge in [0.05, 0.1) is 18.7 Å². The van der Waals surface area contributed by atoms with Crippen LogP contribution in [-0.2, 0) is 19.9 Å². The first-order chi connectivity index (χ1) is 19.5. The number of quaternary nitrogens is 1. The first kappa shape index (κ1) is 29.5. The van der Waals surface area contributed by atoms with Crippen LogP contribution in [0.25, 0.3) is 11.1 Å². The summed E-state index contributed by atoms with van der Waals surface area (Å²) in [5.41, 5.74) is 0.608. The quantitative estimate of drug-likeness (QED) is 0.294. The standard InChI is InChI=1S/C32H37N3O5.BrH/c36-29(33-30-27(22-39-34-30)23-10-4-1-5-11-23)21-35-18-16-24(17-19-35)28(20-35)40-31(37)32(38,25-12-6-2-7-13-25)26-14-8-3-9-15-26;/h1-2,4-7,10-13,22,24,26,28,38H,3,8-9,14-21H2;1H/t24?,28-,32?,35?;/m0./s1. The molecule has 0 radical (unpaired) electrons. The molecule has 4 fully saturated rings. The van der Waals surface area contributed by atoms with Gasteiger partial charge in [0.1, 0.15) is 12.8 Å². The Kier molecular flexibility index (Phi) is 8.97. The molecule has 2 aromatic carbocycles. The van der Waals surface area contributed by atoms with Crippen molar-refractivity contribution in [3.63, 3.8) is 0 Å². The number of esters is 1. The molecule has 3 saturated heterocycles. The fourth-order valence-corrected chi connectivity index (χ4v) is 7.16. The molecule has 8 nitrogen and oxygen atoms in total. The second kappa shape index (κ2) is 12.5. The van der Waals surface area contributed by atoms with Crippen LogP contribution >= 0.6 is 0 Å². The van der Waals surface area contributed by atoms with Crippen LogP contribution in [0.5, 0.6) is 0 Å². The molecule has 41 heavy (non-hydrogen) atoms. The Hall–Kier alpha value is -3.01. The van der Waals surface area contributed by atoms with Crippen LogP contribution in [0.15, 0.2) is 71.4 Å². The number of ether oxygens (including phenoxy) is 1. The molecule has 1 aliphatic carbocycles. The summed E-state index contributed by atoms with van der Waals surface area (Å²) in [5.74, 6) is -0.183. The van der Waals surface area contributed by atoms with Gasteiger partial charge in [-0.2, -0.15) is 0 Å². The van der Waals surface area contributed by atoms with Gasteiger partial charge in [0, 0.05) is 24.7 Å². The van der Waals surface area contributed by atoms with Crippen molar-refractivity contribution in [2.45, 2.75) is 56.7 Å². The van der Waals surface area contributed by atoms with Crippen LogP contribution in [0.2, 0.25) is 0 Å². The molecule has 1 amide bonds. The number of nitrogens with zero attached hydrogens (tertiary/aromatic N) is 2. The monoisotopic (exact) mass is 623 g/mol. The van der Waals surface area contributed by atoms with Gasteiger partial charge in [-0.05, 0) is 24.0 Å². The molecule has 4 heterocycles. The highest BCUT2D eigenvalue weighted by Gasteiger charge is 2.52. The summed E-state index contributed by atoms with van der Waals surface area (Å²) >= 11 is 0. The van der Waals surface area contributed by atoms with Gasteiger partial charge in [-0.3, -0.25) is 4.79 Å². The molecule has 1 saturated carbocycles. The number of aromatic nitrogens is 1. The number of rotatable bonds is 8. The minimum Gasteiger partial charge on any atom is -1.00 e. The number of amides is 1. The van der Waals surface area contributed by atoms with E-state index in [2.05, 4.69) is 10.5 Å². The lowest BCUT2D eigenvalue weighted by Gasteiger charge is -2.52. The van der Waals surface area contributed by atoms with Crippen LogP contribution in [0.4, 0.5) is 5.82 Å². The molecule has 2 N–H and O–H groups in total. The SMILES string of the molecule is O=C(C[N+]12CCC(CC1)[C@@H](OC(=O)C(O)(c1ccccc1)C1CCCCC1)C2)Nc1nocc1-c1ccccc1.[Br-]. The van der Waals surface area contributed by atoms with Gasteiger partial charge in [-0.15, -0.1) is 0 Å². The fourth-order valence-electron chi connectivity index (χ4n) is 7.16. The second-order valence-corrected chi connectivity index (χ2v) is 11.9. The number of carbonyl (C=O) groups excluding carboxylic acids is 2. The Balaban J connectivity index is 0.00000337. The van der Waals surface area contributed by atoms with Crippen molar-refractivity contribution in [1.29, 1.82) is 0 Å². The van der Waals surface area contributed by atoms with E-state index < -0.39 is 11.6 Å². The van der Waals surface area contributed by atoms with Crippen molar-refractivity contribution in [3.05, 3.63) is 72.5 Å². The van der Waals surface area contributed by atoms with Crippen LogP contribution in [0, 0.1) is 11.8 Å². The molecular formula is C32H38BrN3O5. The van der Waals surface area contributed by atoms with Gasteiger partial charge < -0.3 is 41.1 Å². The molecule has 7 rings (SSSR count). The second-order valence-electron chi connectivity index (χ2n) is 11.9. The molecule has 1 aromatic heterocycles. The Labute approximate surface area is 251 Å². The third-order valence-corrected chi connectivity index (χ3v) is 9.41. The van der Waals surface area contributed by atoms with E-state index in [1.165, 1.54) is 0 Å². The highest BCUT2D eigenvalue weighted by Crippen LogP contribution is 2.42. The third-order valence-electron chi connectivity index (χ3n) is 9.41. The topological polar surface area (TPSA) is 102 Å². The summed E-state index contributed by atoms with van der Waals surface area (Å²) in [4.78, 5) is 27.1. The van der Waals surface area contributed by atoms with Crippen molar-refractivity contribution < 1.29 is 45.4 Å². The normalized spacial score (nSPS) is 25.5. The molecule has 218 valence electrons. The number of aliphatic hydroxyl groups is 1. The minimum absolute atomic E-state index is 0. The number of nitrogens with one attached hydrogen (secondary N) is 1. The average molecular weight is 625 g/mol. The van der Waals surface area contributed by atoms with Gasteiger partial charge in [0.2, 0.25) is 0 Å². The van der Waals surface area contributed by atoms with Crippen molar-refractivity contribution in [2.24, 2.45) is 11.8 Å². The predicted octanol–water partition coefficient (Wildman–Crippen LogP) is 1.90. The molecule has 9 heteroatoms.